The molecule has 1 saturated heterocycles. The summed E-state index contributed by atoms with van der Waals surface area (Å²) in [7, 11) is 4.26. The van der Waals surface area contributed by atoms with E-state index in [0.717, 1.165) is 32.7 Å². The number of aryl methyl sites for hydroxylation is 1. The third-order valence-corrected chi connectivity index (χ3v) is 4.86. The standard InChI is InChI=1S/C18H31N3O/c1-15-7-5-6-8-18(15)16(2)20(4)13-17(22)14-21-11-9-19(3)10-12-21/h5-8,16-17,22H,9-14H2,1-4H3. The summed E-state index contributed by atoms with van der Waals surface area (Å²) in [5.74, 6) is 0. The van der Waals surface area contributed by atoms with E-state index in [2.05, 4.69) is 66.9 Å². The van der Waals surface area contributed by atoms with Crippen LogP contribution in [0, 0.1) is 6.92 Å². The zero-order valence-corrected chi connectivity index (χ0v) is 14.5. The van der Waals surface area contributed by atoms with Crippen molar-refractivity contribution >= 4 is 0 Å². The van der Waals surface area contributed by atoms with Gasteiger partial charge in [0.25, 0.3) is 0 Å². The van der Waals surface area contributed by atoms with Crippen LogP contribution >= 0.6 is 0 Å². The minimum absolute atomic E-state index is 0.292. The number of aliphatic hydroxyl groups excluding tert-OH is 1. The average molecular weight is 305 g/mol. The molecule has 1 aromatic carbocycles. The number of hydrogen-bond donors (Lipinski definition) is 1. The Kier molecular flexibility index (Phi) is 6.38. The maximum atomic E-state index is 10.4. The van der Waals surface area contributed by atoms with Crippen LogP contribution in [0.1, 0.15) is 24.1 Å². The molecule has 0 aromatic heterocycles. The molecule has 1 heterocycles. The molecule has 1 aliphatic rings. The number of hydrogen-bond acceptors (Lipinski definition) is 4. The van der Waals surface area contributed by atoms with E-state index < -0.39 is 0 Å². The lowest BCUT2D eigenvalue weighted by molar-refractivity contribution is 0.0530. The lowest BCUT2D eigenvalue weighted by atomic mass is 10.0. The molecule has 0 bridgehead atoms. The summed E-state index contributed by atoms with van der Waals surface area (Å²) in [6, 6.07) is 8.83. The van der Waals surface area contributed by atoms with Crippen molar-refractivity contribution in [2.24, 2.45) is 0 Å². The van der Waals surface area contributed by atoms with E-state index >= 15 is 0 Å². The van der Waals surface area contributed by atoms with Crippen LogP contribution in [-0.2, 0) is 0 Å². The quantitative estimate of drug-likeness (QED) is 0.864. The van der Waals surface area contributed by atoms with E-state index in [1.54, 1.807) is 0 Å². The number of benzene rings is 1. The number of likely N-dealkylation sites (N-methyl/N-ethyl adjacent to an activating group) is 2. The van der Waals surface area contributed by atoms with Crippen molar-refractivity contribution in [3.05, 3.63) is 35.4 Å². The van der Waals surface area contributed by atoms with Gasteiger partial charge in [-0.2, -0.15) is 0 Å². The summed E-state index contributed by atoms with van der Waals surface area (Å²) in [6.07, 6.45) is -0.292. The topological polar surface area (TPSA) is 30.0 Å². The van der Waals surface area contributed by atoms with Crippen LogP contribution in [0.3, 0.4) is 0 Å². The van der Waals surface area contributed by atoms with Gasteiger partial charge in [-0.1, -0.05) is 24.3 Å². The lowest BCUT2D eigenvalue weighted by Gasteiger charge is -2.35. The van der Waals surface area contributed by atoms with Gasteiger partial charge < -0.3 is 10.0 Å². The van der Waals surface area contributed by atoms with E-state index in [0.29, 0.717) is 12.6 Å². The second-order valence-electron chi connectivity index (χ2n) is 6.73. The monoisotopic (exact) mass is 305 g/mol. The molecule has 4 nitrogen and oxygen atoms in total. The normalized spacial score (nSPS) is 20.3. The van der Waals surface area contributed by atoms with Gasteiger partial charge in [0.05, 0.1) is 6.10 Å². The second kappa shape index (κ2) is 8.06. The van der Waals surface area contributed by atoms with Gasteiger partial charge in [0.15, 0.2) is 0 Å². The highest BCUT2D eigenvalue weighted by atomic mass is 16.3. The summed E-state index contributed by atoms with van der Waals surface area (Å²) in [5.41, 5.74) is 2.66. The first-order valence-corrected chi connectivity index (χ1v) is 8.32. The smallest absolute Gasteiger partial charge is 0.0793 e. The molecule has 2 atom stereocenters. The number of nitrogens with zero attached hydrogens (tertiary/aromatic N) is 3. The van der Waals surface area contributed by atoms with E-state index in [1.807, 2.05) is 0 Å². The molecule has 0 saturated carbocycles. The Labute approximate surface area is 135 Å². The number of β-amino-alcohol motifs (C(OH)–C–C–N with tert-alkyl or cyclic N) is 1. The first-order valence-electron chi connectivity index (χ1n) is 8.32. The third-order valence-electron chi connectivity index (χ3n) is 4.86. The first-order chi connectivity index (χ1) is 10.5. The third kappa shape index (κ3) is 4.78. The second-order valence-corrected chi connectivity index (χ2v) is 6.73. The van der Waals surface area contributed by atoms with E-state index in [9.17, 15) is 5.11 Å². The summed E-state index contributed by atoms with van der Waals surface area (Å²) in [5, 5.41) is 10.4. The van der Waals surface area contributed by atoms with Gasteiger partial charge in [0, 0.05) is 45.3 Å². The lowest BCUT2D eigenvalue weighted by Crippen LogP contribution is -2.48. The van der Waals surface area contributed by atoms with Gasteiger partial charge in [-0.25, -0.2) is 0 Å². The molecule has 1 aliphatic heterocycles. The number of rotatable bonds is 6. The van der Waals surface area contributed by atoms with Gasteiger partial charge in [-0.05, 0) is 39.1 Å². The number of aliphatic hydroxyl groups is 1. The molecule has 1 aromatic rings. The van der Waals surface area contributed by atoms with Crippen molar-refractivity contribution in [3.8, 4) is 0 Å². The van der Waals surface area contributed by atoms with Crippen molar-refractivity contribution in [1.29, 1.82) is 0 Å². The van der Waals surface area contributed by atoms with Gasteiger partial charge >= 0.3 is 0 Å². The van der Waals surface area contributed by atoms with Crippen molar-refractivity contribution in [3.63, 3.8) is 0 Å². The van der Waals surface area contributed by atoms with E-state index in [4.69, 9.17) is 0 Å². The molecule has 1 N–H and O–H groups in total. The van der Waals surface area contributed by atoms with Crippen molar-refractivity contribution in [1.82, 2.24) is 14.7 Å². The molecule has 2 rings (SSSR count). The summed E-state index contributed by atoms with van der Waals surface area (Å²) in [6.45, 7) is 10.2. The minimum atomic E-state index is -0.292. The molecular formula is C18H31N3O. The predicted molar refractivity (Wildman–Crippen MR) is 92.2 cm³/mol. The Hall–Kier alpha value is -0.940. The molecule has 4 heteroatoms. The molecule has 22 heavy (non-hydrogen) atoms. The largest absolute Gasteiger partial charge is 0.390 e. The molecular weight excluding hydrogens is 274 g/mol. The first kappa shape index (κ1) is 17.4. The molecule has 0 aliphatic carbocycles. The zero-order chi connectivity index (χ0) is 16.1. The van der Waals surface area contributed by atoms with Gasteiger partial charge in [0.2, 0.25) is 0 Å². The number of piperazine rings is 1. The maximum absolute atomic E-state index is 10.4. The SMILES string of the molecule is Cc1ccccc1C(C)N(C)CC(O)CN1CCN(C)CC1. The van der Waals surface area contributed by atoms with Crippen LogP contribution in [0.5, 0.6) is 0 Å². The Balaban J connectivity index is 1.83. The van der Waals surface area contributed by atoms with Gasteiger partial charge in [-0.3, -0.25) is 9.80 Å². The summed E-state index contributed by atoms with van der Waals surface area (Å²) < 4.78 is 0. The van der Waals surface area contributed by atoms with Crippen molar-refractivity contribution < 1.29 is 5.11 Å². The Bertz CT molecular complexity index is 457. The molecule has 1 fully saturated rings. The van der Waals surface area contributed by atoms with E-state index in [1.165, 1.54) is 11.1 Å². The Morgan fingerprint density at radius 3 is 2.45 bits per heavy atom. The average Bonchev–Trinajstić information content (AvgIpc) is 2.49. The zero-order valence-electron chi connectivity index (χ0n) is 14.5. The Morgan fingerprint density at radius 1 is 1.18 bits per heavy atom. The van der Waals surface area contributed by atoms with Crippen LogP contribution in [0.2, 0.25) is 0 Å². The fraction of sp³-hybridized carbons (Fsp3) is 0.667. The fourth-order valence-electron chi connectivity index (χ4n) is 3.17. The van der Waals surface area contributed by atoms with Crippen LogP contribution < -0.4 is 0 Å². The maximum Gasteiger partial charge on any atom is 0.0793 e. The molecule has 124 valence electrons. The van der Waals surface area contributed by atoms with Crippen LogP contribution in [0.15, 0.2) is 24.3 Å². The molecule has 0 amide bonds. The van der Waals surface area contributed by atoms with Gasteiger partial charge in [0.1, 0.15) is 0 Å². The van der Waals surface area contributed by atoms with Crippen LogP contribution in [0.25, 0.3) is 0 Å². The summed E-state index contributed by atoms with van der Waals surface area (Å²) >= 11 is 0. The van der Waals surface area contributed by atoms with Gasteiger partial charge in [-0.15, -0.1) is 0 Å². The highest BCUT2D eigenvalue weighted by Crippen LogP contribution is 2.22. The Morgan fingerprint density at radius 2 is 1.82 bits per heavy atom. The predicted octanol–water partition coefficient (Wildman–Crippen LogP) is 1.60. The highest BCUT2D eigenvalue weighted by molar-refractivity contribution is 5.28. The molecule has 2 unspecified atom stereocenters. The van der Waals surface area contributed by atoms with Crippen LogP contribution in [-0.4, -0.2) is 79.3 Å². The molecule has 0 spiro atoms. The van der Waals surface area contributed by atoms with Crippen LogP contribution in [0.4, 0.5) is 0 Å². The molecule has 0 radical (unpaired) electrons. The minimum Gasteiger partial charge on any atom is -0.390 e. The highest BCUT2D eigenvalue weighted by Gasteiger charge is 2.20. The van der Waals surface area contributed by atoms with Crippen molar-refractivity contribution in [2.45, 2.75) is 26.0 Å². The summed E-state index contributed by atoms with van der Waals surface area (Å²) in [4.78, 5) is 6.97. The fourth-order valence-corrected chi connectivity index (χ4v) is 3.17. The van der Waals surface area contributed by atoms with E-state index in [-0.39, 0.29) is 6.10 Å². The van der Waals surface area contributed by atoms with Crippen molar-refractivity contribution in [2.75, 3.05) is 53.4 Å².